The quantitative estimate of drug-likeness (QED) is 0.164. The van der Waals surface area contributed by atoms with E-state index in [4.69, 9.17) is 0 Å². The van der Waals surface area contributed by atoms with E-state index in [0.29, 0.717) is 0 Å². The van der Waals surface area contributed by atoms with Crippen LogP contribution in [-0.2, 0) is 27.1 Å². The van der Waals surface area contributed by atoms with Gasteiger partial charge < -0.3 is 14.7 Å². The molecule has 0 aromatic heterocycles. The van der Waals surface area contributed by atoms with Gasteiger partial charge in [0, 0.05) is 50.9 Å². The third-order valence-corrected chi connectivity index (χ3v) is 16.3. The van der Waals surface area contributed by atoms with E-state index in [1.54, 1.807) is 0 Å². The van der Waals surface area contributed by atoms with Gasteiger partial charge in [-0.2, -0.15) is 0 Å². The Bertz CT molecular complexity index is 2930. The van der Waals surface area contributed by atoms with Crippen molar-refractivity contribution in [1.82, 2.24) is 0 Å². The molecule has 3 aliphatic heterocycles. The van der Waals surface area contributed by atoms with Crippen LogP contribution in [0.5, 0.6) is 0 Å². The third kappa shape index (κ3) is 6.73. The predicted molar refractivity (Wildman–Crippen MR) is 287 cm³/mol. The summed E-state index contributed by atoms with van der Waals surface area (Å²) in [5, 5.41) is 0. The van der Waals surface area contributed by atoms with E-state index in [9.17, 15) is 0 Å². The third-order valence-electron chi connectivity index (χ3n) is 16.3. The van der Waals surface area contributed by atoms with Crippen LogP contribution in [-0.4, -0.2) is 12.3 Å². The second kappa shape index (κ2) is 14.2. The van der Waals surface area contributed by atoms with E-state index in [-0.39, 0.29) is 44.7 Å². The molecule has 1 fully saturated rings. The normalized spacial score (nSPS) is 20.8. The molecule has 4 heteroatoms. The molecule has 0 bridgehead atoms. The highest BCUT2D eigenvalue weighted by atomic mass is 15.3. The molecule has 0 radical (unpaired) electrons. The number of hydrogen-bond acceptors (Lipinski definition) is 3. The van der Waals surface area contributed by atoms with Gasteiger partial charge in [0.05, 0.1) is 5.54 Å². The summed E-state index contributed by atoms with van der Waals surface area (Å²) in [6.45, 7) is 40.4. The minimum absolute atomic E-state index is 0.00963. The van der Waals surface area contributed by atoms with E-state index in [1.165, 1.54) is 95.3 Å². The van der Waals surface area contributed by atoms with Crippen molar-refractivity contribution >= 4 is 68.6 Å². The van der Waals surface area contributed by atoms with Crippen LogP contribution >= 0.6 is 0 Å². The van der Waals surface area contributed by atoms with Gasteiger partial charge in [0.1, 0.15) is 0 Å². The first kappa shape index (κ1) is 44.6. The molecular weight excluding hydrogens is 798 g/mol. The number of hydrogen-bond donors (Lipinski definition) is 0. The summed E-state index contributed by atoms with van der Waals surface area (Å²) in [5.41, 5.74) is 22.6. The van der Waals surface area contributed by atoms with E-state index >= 15 is 0 Å². The van der Waals surface area contributed by atoms with Gasteiger partial charge in [0.2, 0.25) is 0 Å². The average molecular weight is 872 g/mol. The van der Waals surface area contributed by atoms with Crippen LogP contribution < -0.4 is 31.1 Å². The Morgan fingerprint density at radius 1 is 0.424 bits per heavy atom. The van der Waals surface area contributed by atoms with Gasteiger partial charge in [0.15, 0.2) is 0 Å². The largest absolute Gasteiger partial charge is 0.334 e. The highest BCUT2D eigenvalue weighted by Crippen LogP contribution is 2.67. The van der Waals surface area contributed by atoms with Gasteiger partial charge in [-0.1, -0.05) is 158 Å². The zero-order valence-corrected chi connectivity index (χ0v) is 43.3. The van der Waals surface area contributed by atoms with Gasteiger partial charge in [-0.25, -0.2) is 0 Å². The molecule has 10 rings (SSSR count). The average Bonchev–Trinajstić information content (AvgIpc) is 3.52. The van der Waals surface area contributed by atoms with Gasteiger partial charge in [-0.15, -0.1) is 0 Å². The second-order valence-corrected chi connectivity index (χ2v) is 26.1. The molecule has 3 heterocycles. The summed E-state index contributed by atoms with van der Waals surface area (Å²) >= 11 is 0. The van der Waals surface area contributed by atoms with Gasteiger partial charge in [-0.05, 0) is 164 Å². The molecular formula is C62H74BN3. The molecule has 0 N–H and O–H groups in total. The van der Waals surface area contributed by atoms with Crippen molar-refractivity contribution in [3.8, 4) is 0 Å². The van der Waals surface area contributed by atoms with E-state index in [1.807, 2.05) is 0 Å². The predicted octanol–water partition coefficient (Wildman–Crippen LogP) is 15.3. The molecule has 6 aromatic rings. The van der Waals surface area contributed by atoms with Crippen molar-refractivity contribution in [2.24, 2.45) is 5.41 Å². The minimum Gasteiger partial charge on any atom is -0.334 e. The monoisotopic (exact) mass is 872 g/mol. The van der Waals surface area contributed by atoms with Crippen LogP contribution in [0.1, 0.15) is 157 Å². The van der Waals surface area contributed by atoms with Crippen molar-refractivity contribution in [2.45, 2.75) is 163 Å². The molecule has 340 valence electrons. The molecule has 2 atom stereocenters. The Balaban J connectivity index is 1.25. The summed E-state index contributed by atoms with van der Waals surface area (Å²) < 4.78 is 0. The number of anilines is 8. The number of fused-ring (bicyclic) bond motifs is 7. The minimum atomic E-state index is -0.110. The maximum atomic E-state index is 2.78. The highest BCUT2D eigenvalue weighted by Gasteiger charge is 2.64. The number of aryl methyl sites for hydroxylation is 1. The van der Waals surface area contributed by atoms with Gasteiger partial charge >= 0.3 is 0 Å². The molecule has 4 aliphatic rings. The zero-order valence-electron chi connectivity index (χ0n) is 43.3. The Labute approximate surface area is 398 Å². The fourth-order valence-corrected chi connectivity index (χ4v) is 12.9. The molecule has 3 nitrogen and oxygen atoms in total. The maximum absolute atomic E-state index is 2.78. The lowest BCUT2D eigenvalue weighted by Gasteiger charge is -2.46. The SMILES string of the molecule is Cc1cc2c3c(c1)N(c1ccc(C(C)(C)C)cc1)c1cc(N4c5ccc(C(C)(C)C)cc5C5(C)CC(C)(C)CC45C)ccc1B3c1cc(C(C)(C)C)ccc1N2c1ccc(C(C)(C)C)cc1. The summed E-state index contributed by atoms with van der Waals surface area (Å²) in [7, 11) is 0. The first-order chi connectivity index (χ1) is 30.6. The van der Waals surface area contributed by atoms with Crippen molar-refractivity contribution in [3.05, 3.63) is 149 Å². The molecule has 1 saturated carbocycles. The van der Waals surface area contributed by atoms with Gasteiger partial charge in [-0.3, -0.25) is 0 Å². The van der Waals surface area contributed by atoms with Crippen LogP contribution in [0.25, 0.3) is 0 Å². The lowest BCUT2D eigenvalue weighted by Crippen LogP contribution is -2.61. The number of nitrogens with zero attached hydrogens (tertiary/aromatic N) is 3. The molecule has 66 heavy (non-hydrogen) atoms. The van der Waals surface area contributed by atoms with Crippen LogP contribution in [0.4, 0.5) is 45.5 Å². The lowest BCUT2D eigenvalue weighted by molar-refractivity contribution is 0.330. The zero-order chi connectivity index (χ0) is 47.5. The van der Waals surface area contributed by atoms with Crippen molar-refractivity contribution < 1.29 is 0 Å². The summed E-state index contributed by atoms with van der Waals surface area (Å²) in [5.74, 6) is 0. The maximum Gasteiger partial charge on any atom is 0.252 e. The Morgan fingerprint density at radius 2 is 0.879 bits per heavy atom. The van der Waals surface area contributed by atoms with E-state index < -0.39 is 0 Å². The number of benzene rings is 6. The van der Waals surface area contributed by atoms with Crippen LogP contribution in [0.15, 0.2) is 115 Å². The van der Waals surface area contributed by atoms with Crippen LogP contribution in [0.2, 0.25) is 0 Å². The van der Waals surface area contributed by atoms with Crippen LogP contribution in [0, 0.1) is 12.3 Å². The number of rotatable bonds is 3. The van der Waals surface area contributed by atoms with Crippen molar-refractivity contribution in [3.63, 3.8) is 0 Å². The Kier molecular flexibility index (Phi) is 9.57. The first-order valence-corrected chi connectivity index (χ1v) is 24.8. The molecule has 0 spiro atoms. The molecule has 0 amide bonds. The smallest absolute Gasteiger partial charge is 0.252 e. The second-order valence-electron chi connectivity index (χ2n) is 26.1. The summed E-state index contributed by atoms with van der Waals surface area (Å²) in [4.78, 5) is 7.96. The molecule has 1 aliphatic carbocycles. The topological polar surface area (TPSA) is 9.72 Å². The van der Waals surface area contributed by atoms with Crippen molar-refractivity contribution in [1.29, 1.82) is 0 Å². The van der Waals surface area contributed by atoms with Crippen LogP contribution in [0.3, 0.4) is 0 Å². The van der Waals surface area contributed by atoms with Crippen molar-refractivity contribution in [2.75, 3.05) is 14.7 Å². The molecule has 2 unspecified atom stereocenters. The Hall–Kier alpha value is -5.22. The van der Waals surface area contributed by atoms with Gasteiger partial charge in [0.25, 0.3) is 6.71 Å². The van der Waals surface area contributed by atoms with E-state index in [0.717, 1.165) is 12.8 Å². The fraction of sp³-hybridized carbons (Fsp3) is 0.419. The highest BCUT2D eigenvalue weighted by molar-refractivity contribution is 7.00. The fourth-order valence-electron chi connectivity index (χ4n) is 12.9. The Morgan fingerprint density at radius 3 is 1.39 bits per heavy atom. The molecule has 0 saturated heterocycles. The van der Waals surface area contributed by atoms with E-state index in [2.05, 4.69) is 248 Å². The summed E-state index contributed by atoms with van der Waals surface area (Å²) in [6.07, 6.45) is 2.28. The molecule has 6 aromatic carbocycles. The lowest BCUT2D eigenvalue weighted by atomic mass is 9.33. The standard InChI is InChI=1S/C62H74BN3/c1-39-32-53-55-54(33-39)65(45-26-20-41(21-27-45)57(5,6)7)52-36-46(66-50-30-22-42(58(8,9)10)34-47(50)61(16)37-60(14,15)38-62(61,66)17)28-29-48(52)63(55)49-35-43(59(11,12)13)23-31-51(49)64(53)44-24-18-40(19-25-44)56(2,3)4/h18-36H,37-38H2,1-17H3. The summed E-state index contributed by atoms with van der Waals surface area (Å²) in [6, 6.07) is 46.1. The first-order valence-electron chi connectivity index (χ1n) is 24.8.